The topological polar surface area (TPSA) is 80.6 Å². The lowest BCUT2D eigenvalue weighted by atomic mass is 9.73. The van der Waals surface area contributed by atoms with Crippen molar-refractivity contribution in [2.24, 2.45) is 16.7 Å². The predicted molar refractivity (Wildman–Crippen MR) is 54.7 cm³/mol. The first-order chi connectivity index (χ1) is 6.87. The quantitative estimate of drug-likeness (QED) is 0.659. The molecule has 15 heavy (non-hydrogen) atoms. The van der Waals surface area contributed by atoms with Crippen molar-refractivity contribution in [2.45, 2.75) is 38.0 Å². The highest BCUT2D eigenvalue weighted by molar-refractivity contribution is 7.79. The molecule has 2 fully saturated rings. The number of fused-ring (bicyclic) bond motifs is 2. The van der Waals surface area contributed by atoms with Gasteiger partial charge in [-0.1, -0.05) is 24.9 Å². The van der Waals surface area contributed by atoms with Crippen LogP contribution < -0.4 is 0 Å². The third-order valence-electron chi connectivity index (χ3n) is 4.71. The minimum atomic E-state index is -2.21. The Kier molecular flexibility index (Phi) is 2.50. The van der Waals surface area contributed by atoms with E-state index in [0.29, 0.717) is 12.8 Å². The molecule has 6 unspecified atom stereocenters. The molecule has 2 aliphatic rings. The Labute approximate surface area is 92.0 Å². The molecule has 0 spiro atoms. The van der Waals surface area contributed by atoms with Crippen LogP contribution in [-0.4, -0.2) is 36.9 Å². The first kappa shape index (κ1) is 11.5. The summed E-state index contributed by atoms with van der Waals surface area (Å²) in [5.74, 6) is 0.0597. The Hall–Kier alpha value is 0.0300. The summed E-state index contributed by atoms with van der Waals surface area (Å²) in [4.78, 5) is 0. The van der Waals surface area contributed by atoms with E-state index in [4.69, 9.17) is 0 Å². The van der Waals surface area contributed by atoms with E-state index in [-0.39, 0.29) is 17.9 Å². The molecule has 0 aromatic carbocycles. The van der Waals surface area contributed by atoms with Gasteiger partial charge in [-0.15, -0.1) is 0 Å². The zero-order chi connectivity index (χ0) is 11.4. The van der Waals surface area contributed by atoms with Crippen LogP contribution in [0.3, 0.4) is 0 Å². The summed E-state index contributed by atoms with van der Waals surface area (Å²) in [6, 6.07) is 0. The number of rotatable bonds is 2. The summed E-state index contributed by atoms with van der Waals surface area (Å²) in [5.41, 5.74) is -0.965. The average Bonchev–Trinajstić information content (AvgIpc) is 2.59. The molecule has 0 heterocycles. The molecule has 4 nitrogen and oxygen atoms in total. The van der Waals surface area contributed by atoms with E-state index in [0.717, 1.165) is 0 Å². The Bertz CT molecular complexity index is 308. The maximum absolute atomic E-state index is 11.1. The van der Waals surface area contributed by atoms with Gasteiger partial charge in [0.05, 0.1) is 12.7 Å². The van der Waals surface area contributed by atoms with Crippen molar-refractivity contribution in [2.75, 3.05) is 6.61 Å². The van der Waals surface area contributed by atoms with E-state index >= 15 is 0 Å². The SMILES string of the molecule is CC1C(O)C2(CO)CC1(C)CC2S(=O)[O-]. The van der Waals surface area contributed by atoms with Crippen molar-refractivity contribution in [3.63, 3.8) is 0 Å². The maximum atomic E-state index is 11.1. The molecule has 2 saturated carbocycles. The summed E-state index contributed by atoms with van der Waals surface area (Å²) in [6.07, 6.45) is 0.462. The first-order valence-electron chi connectivity index (χ1n) is 5.24. The van der Waals surface area contributed by atoms with Crippen LogP contribution >= 0.6 is 0 Å². The van der Waals surface area contributed by atoms with Gasteiger partial charge in [-0.2, -0.15) is 0 Å². The second-order valence-corrected chi connectivity index (χ2v) is 6.50. The van der Waals surface area contributed by atoms with E-state index in [1.807, 2.05) is 13.8 Å². The monoisotopic (exact) mass is 233 g/mol. The van der Waals surface area contributed by atoms with Gasteiger partial charge in [-0.25, -0.2) is 0 Å². The molecule has 0 aliphatic heterocycles. The van der Waals surface area contributed by atoms with Crippen LogP contribution in [0, 0.1) is 16.7 Å². The molecule has 2 N–H and O–H groups in total. The average molecular weight is 233 g/mol. The molecule has 0 amide bonds. The number of hydrogen-bond acceptors (Lipinski definition) is 4. The third kappa shape index (κ3) is 1.27. The van der Waals surface area contributed by atoms with E-state index in [1.54, 1.807) is 0 Å². The lowest BCUT2D eigenvalue weighted by Crippen LogP contribution is -2.49. The van der Waals surface area contributed by atoms with Crippen LogP contribution in [0.5, 0.6) is 0 Å². The van der Waals surface area contributed by atoms with Gasteiger partial charge in [0.25, 0.3) is 0 Å². The van der Waals surface area contributed by atoms with Crippen LogP contribution in [0.1, 0.15) is 26.7 Å². The predicted octanol–water partition coefficient (Wildman–Crippen LogP) is 0.0235. The number of aliphatic hydroxyl groups is 2. The molecular formula is C10H17O4S-. The summed E-state index contributed by atoms with van der Waals surface area (Å²) in [7, 11) is 0. The largest absolute Gasteiger partial charge is 0.772 e. The van der Waals surface area contributed by atoms with Gasteiger partial charge in [0.2, 0.25) is 0 Å². The Morgan fingerprint density at radius 2 is 2.20 bits per heavy atom. The summed E-state index contributed by atoms with van der Waals surface area (Å²) in [5, 5.41) is 18.9. The molecule has 0 aromatic heterocycles. The molecule has 2 rings (SSSR count). The molecule has 0 radical (unpaired) electrons. The van der Waals surface area contributed by atoms with Gasteiger partial charge in [0.15, 0.2) is 0 Å². The third-order valence-corrected chi connectivity index (χ3v) is 5.82. The minimum Gasteiger partial charge on any atom is -0.772 e. The zero-order valence-electron chi connectivity index (χ0n) is 8.97. The van der Waals surface area contributed by atoms with Gasteiger partial charge in [0.1, 0.15) is 0 Å². The van der Waals surface area contributed by atoms with Crippen molar-refractivity contribution in [1.82, 2.24) is 0 Å². The van der Waals surface area contributed by atoms with Crippen molar-refractivity contribution in [3.05, 3.63) is 0 Å². The molecular weight excluding hydrogens is 216 g/mol. The maximum Gasteiger partial charge on any atom is 0.0660 e. The van der Waals surface area contributed by atoms with Crippen LogP contribution in [0.15, 0.2) is 0 Å². The Morgan fingerprint density at radius 1 is 1.60 bits per heavy atom. The fraction of sp³-hybridized carbons (Fsp3) is 1.00. The van der Waals surface area contributed by atoms with E-state index in [2.05, 4.69) is 0 Å². The van der Waals surface area contributed by atoms with Crippen molar-refractivity contribution >= 4 is 11.1 Å². The van der Waals surface area contributed by atoms with E-state index in [9.17, 15) is 19.0 Å². The van der Waals surface area contributed by atoms with Crippen molar-refractivity contribution < 1.29 is 19.0 Å². The van der Waals surface area contributed by atoms with Crippen LogP contribution in [0.4, 0.5) is 0 Å². The molecule has 0 saturated heterocycles. The van der Waals surface area contributed by atoms with Gasteiger partial charge >= 0.3 is 0 Å². The fourth-order valence-electron chi connectivity index (χ4n) is 3.60. The molecule has 5 heteroatoms. The fourth-order valence-corrected chi connectivity index (χ4v) is 4.79. The number of aliphatic hydroxyl groups excluding tert-OH is 2. The second kappa shape index (κ2) is 3.26. The van der Waals surface area contributed by atoms with Crippen LogP contribution in [-0.2, 0) is 11.1 Å². The van der Waals surface area contributed by atoms with Crippen LogP contribution in [0.25, 0.3) is 0 Å². The highest BCUT2D eigenvalue weighted by Crippen LogP contribution is 2.64. The van der Waals surface area contributed by atoms with Crippen molar-refractivity contribution in [3.8, 4) is 0 Å². The smallest absolute Gasteiger partial charge is 0.0660 e. The normalized spacial score (nSPS) is 55.9. The van der Waals surface area contributed by atoms with Crippen molar-refractivity contribution in [1.29, 1.82) is 0 Å². The van der Waals surface area contributed by atoms with Gasteiger partial charge in [-0.3, -0.25) is 4.21 Å². The summed E-state index contributed by atoms with van der Waals surface area (Å²) in [6.45, 7) is 3.70. The lowest BCUT2D eigenvalue weighted by Gasteiger charge is -2.42. The lowest BCUT2D eigenvalue weighted by molar-refractivity contribution is -0.0306. The minimum absolute atomic E-state index is 0.0597. The highest BCUT2D eigenvalue weighted by Gasteiger charge is 2.66. The molecule has 88 valence electrons. The molecule has 2 aliphatic carbocycles. The van der Waals surface area contributed by atoms with Gasteiger partial charge in [0, 0.05) is 10.7 Å². The highest BCUT2D eigenvalue weighted by atomic mass is 32.2. The number of hydrogen-bond donors (Lipinski definition) is 2. The van der Waals surface area contributed by atoms with Gasteiger partial charge < -0.3 is 14.8 Å². The first-order valence-corrected chi connectivity index (χ1v) is 6.38. The van der Waals surface area contributed by atoms with Gasteiger partial charge in [-0.05, 0) is 24.2 Å². The zero-order valence-corrected chi connectivity index (χ0v) is 9.79. The van der Waals surface area contributed by atoms with E-state index in [1.165, 1.54) is 0 Å². The second-order valence-electron chi connectivity index (χ2n) is 5.41. The standard InChI is InChI=1S/C10H18O4S/c1-6-8(12)10(5-11)4-9(6,2)3-7(10)15(13)14/h6-8,11-12H,3-5H2,1-2H3,(H,13,14)/p-1. The summed E-state index contributed by atoms with van der Waals surface area (Å²) >= 11 is -2.21. The van der Waals surface area contributed by atoms with E-state index < -0.39 is 27.8 Å². The molecule has 0 aromatic rings. The molecule has 2 bridgehead atoms. The summed E-state index contributed by atoms with van der Waals surface area (Å²) < 4.78 is 22.3. The Morgan fingerprint density at radius 3 is 2.60 bits per heavy atom. The Balaban J connectivity index is 2.42. The molecule has 6 atom stereocenters. The van der Waals surface area contributed by atoms with Crippen LogP contribution in [0.2, 0.25) is 0 Å².